The monoisotopic (exact) mass is 503 g/mol. The molecule has 0 aliphatic carbocycles. The van der Waals surface area contributed by atoms with Gasteiger partial charge >= 0.3 is 0 Å². The molecular weight excluding hydrogens is 477 g/mol. The number of likely N-dealkylation sites (N-methyl/N-ethyl adjacent to an activating group) is 1. The number of hydrogen-bond acceptors (Lipinski definition) is 3. The van der Waals surface area contributed by atoms with Gasteiger partial charge in [0, 0.05) is 13.5 Å². The molecule has 0 aliphatic heterocycles. The third-order valence-corrected chi connectivity index (χ3v) is 5.54. The second kappa shape index (κ2) is 10.6. The van der Waals surface area contributed by atoms with Crippen LogP contribution in [-0.2, 0) is 10.0 Å². The maximum atomic E-state index is 12.3. The van der Waals surface area contributed by atoms with Gasteiger partial charge < -0.3 is 28.7 Å². The van der Waals surface area contributed by atoms with E-state index >= 15 is 0 Å². The van der Waals surface area contributed by atoms with E-state index in [1.807, 2.05) is 49.7 Å². The summed E-state index contributed by atoms with van der Waals surface area (Å²) >= 11 is 0. The van der Waals surface area contributed by atoms with E-state index in [2.05, 4.69) is 10.0 Å². The second-order valence-corrected chi connectivity index (χ2v) is 7.84. The lowest BCUT2D eigenvalue weighted by molar-refractivity contribution is -0.495. The van der Waals surface area contributed by atoms with Crippen molar-refractivity contribution in [1.82, 2.24) is 4.72 Å². The van der Waals surface area contributed by atoms with Crippen LogP contribution >= 0.6 is 0 Å². The van der Waals surface area contributed by atoms with Crippen molar-refractivity contribution in [2.24, 2.45) is 0 Å². The molecule has 2 rings (SSSR count). The van der Waals surface area contributed by atoms with Crippen LogP contribution in [0.3, 0.4) is 0 Å². The van der Waals surface area contributed by atoms with Crippen molar-refractivity contribution >= 4 is 21.5 Å². The van der Waals surface area contributed by atoms with E-state index in [9.17, 15) is 8.42 Å². The average Bonchev–Trinajstić information content (AvgIpc) is 2.62. The molecule has 0 fully saturated rings. The summed E-state index contributed by atoms with van der Waals surface area (Å²) in [6.45, 7) is 4.72. The molecule has 0 spiro atoms. The van der Waals surface area contributed by atoms with Crippen LogP contribution in [0, 0.1) is 6.92 Å². The number of amidine groups is 1. The quantitative estimate of drug-likeness (QED) is 0.231. The van der Waals surface area contributed by atoms with E-state index in [1.165, 1.54) is 0 Å². The minimum atomic E-state index is -3.49. The number of nitrogens with one attached hydrogen (secondary N) is 2. The molecule has 148 valence electrons. The lowest BCUT2D eigenvalue weighted by atomic mass is 10.2. The molecule has 0 atom stereocenters. The molecule has 6 nitrogen and oxygen atoms in total. The number of sulfonamides is 1. The van der Waals surface area contributed by atoms with Gasteiger partial charge in [-0.15, -0.1) is 0 Å². The average molecular weight is 503 g/mol. The number of ether oxygens (including phenoxy) is 1. The Balaban J connectivity index is 0.00000364. The van der Waals surface area contributed by atoms with E-state index in [0.717, 1.165) is 22.8 Å². The van der Waals surface area contributed by atoms with Crippen LogP contribution in [0.5, 0.6) is 5.75 Å². The summed E-state index contributed by atoms with van der Waals surface area (Å²) in [5.74, 6) is 1.72. The van der Waals surface area contributed by atoms with Crippen LogP contribution < -0.4 is 38.8 Å². The van der Waals surface area contributed by atoms with Gasteiger partial charge in [0.25, 0.3) is 0 Å². The molecule has 0 unspecified atom stereocenters. The Morgan fingerprint density at radius 3 is 2.22 bits per heavy atom. The summed E-state index contributed by atoms with van der Waals surface area (Å²) in [5.41, 5.74) is 1.97. The van der Waals surface area contributed by atoms with Crippen molar-refractivity contribution in [3.05, 3.63) is 54.1 Å². The Bertz CT molecular complexity index is 864. The number of anilines is 1. The zero-order valence-corrected chi connectivity index (χ0v) is 19.0. The number of halogens is 1. The Kier molecular flexibility index (Phi) is 9.20. The van der Waals surface area contributed by atoms with E-state index < -0.39 is 10.0 Å². The van der Waals surface area contributed by atoms with Crippen molar-refractivity contribution in [2.45, 2.75) is 18.7 Å². The highest BCUT2D eigenvalue weighted by atomic mass is 127. The van der Waals surface area contributed by atoms with Crippen LogP contribution in [0.4, 0.5) is 5.69 Å². The van der Waals surface area contributed by atoms with Gasteiger partial charge in [-0.1, -0.05) is 17.7 Å². The molecule has 2 N–H and O–H groups in total. The van der Waals surface area contributed by atoms with Crippen LogP contribution in [-0.4, -0.2) is 46.1 Å². The van der Waals surface area contributed by atoms with Crippen LogP contribution in [0.1, 0.15) is 12.5 Å². The number of rotatable bonds is 7. The van der Waals surface area contributed by atoms with Crippen LogP contribution in [0.15, 0.2) is 53.4 Å². The summed E-state index contributed by atoms with van der Waals surface area (Å²) < 4.78 is 34.3. The maximum Gasteiger partial charge on any atom is 0.246 e. The third kappa shape index (κ3) is 7.11. The van der Waals surface area contributed by atoms with Crippen LogP contribution in [0.2, 0.25) is 0 Å². The van der Waals surface area contributed by atoms with Crippen molar-refractivity contribution in [1.29, 1.82) is 0 Å². The Labute approximate surface area is 178 Å². The highest BCUT2D eigenvalue weighted by Crippen LogP contribution is 2.14. The van der Waals surface area contributed by atoms with Crippen molar-refractivity contribution in [2.75, 3.05) is 32.6 Å². The molecule has 2 aromatic rings. The fourth-order valence-corrected chi connectivity index (χ4v) is 3.32. The SMILES string of the molecule is COc1ccc(NC(C)=[N+](C)CCNS(=O)(=O)c2ccc(C)cc2)cc1.[I-]. The molecule has 8 heteroatoms. The second-order valence-electron chi connectivity index (χ2n) is 6.07. The minimum Gasteiger partial charge on any atom is -1.00 e. The normalized spacial score (nSPS) is 12.0. The largest absolute Gasteiger partial charge is 1.00 e. The first-order valence-corrected chi connectivity index (χ1v) is 9.82. The van der Waals surface area contributed by atoms with Gasteiger partial charge in [-0.2, -0.15) is 0 Å². The van der Waals surface area contributed by atoms with Gasteiger partial charge in [0.1, 0.15) is 11.4 Å². The molecule has 0 radical (unpaired) electrons. The zero-order valence-electron chi connectivity index (χ0n) is 16.0. The van der Waals surface area contributed by atoms with Gasteiger partial charge in [-0.05, 0) is 43.3 Å². The van der Waals surface area contributed by atoms with E-state index in [-0.39, 0.29) is 28.9 Å². The lowest BCUT2D eigenvalue weighted by Crippen LogP contribution is -3.00. The number of benzene rings is 2. The first-order valence-electron chi connectivity index (χ1n) is 8.34. The highest BCUT2D eigenvalue weighted by molar-refractivity contribution is 7.89. The first kappa shape index (κ1) is 23.4. The molecule has 2 aromatic carbocycles. The Morgan fingerprint density at radius 2 is 1.67 bits per heavy atom. The number of methoxy groups -OCH3 is 1. The zero-order chi connectivity index (χ0) is 19.2. The molecule has 0 heterocycles. The highest BCUT2D eigenvalue weighted by Gasteiger charge is 2.14. The molecule has 0 aliphatic rings. The number of nitrogens with zero attached hydrogens (tertiary/aromatic N) is 1. The first-order chi connectivity index (χ1) is 12.3. The molecule has 27 heavy (non-hydrogen) atoms. The maximum absolute atomic E-state index is 12.3. The Hall–Kier alpha value is -1.65. The molecule has 0 bridgehead atoms. The number of hydrogen-bond donors (Lipinski definition) is 2. The van der Waals surface area contributed by atoms with E-state index in [0.29, 0.717) is 13.1 Å². The molecule has 0 saturated carbocycles. The van der Waals surface area contributed by atoms with Gasteiger partial charge in [0.15, 0.2) is 0 Å². The third-order valence-electron chi connectivity index (χ3n) is 4.06. The van der Waals surface area contributed by atoms with E-state index in [4.69, 9.17) is 4.74 Å². The van der Waals surface area contributed by atoms with Gasteiger partial charge in [-0.25, -0.2) is 18.5 Å². The summed E-state index contributed by atoms with van der Waals surface area (Å²) in [6, 6.07) is 14.4. The predicted octanol–water partition coefficient (Wildman–Crippen LogP) is -0.541. The molecule has 0 aromatic heterocycles. The van der Waals surface area contributed by atoms with Crippen LogP contribution in [0.25, 0.3) is 0 Å². The molecule has 0 amide bonds. The standard InChI is InChI=1S/C19H25N3O3S.HI/c1-15-5-11-19(12-6-15)26(23,24)20-13-14-22(3)16(2)21-17-7-9-18(25-4)10-8-17;/h5-12,20H,13-14H2,1-4H3;1H. The summed E-state index contributed by atoms with van der Waals surface area (Å²) in [6.07, 6.45) is 0. The summed E-state index contributed by atoms with van der Waals surface area (Å²) in [4.78, 5) is 0.280. The fourth-order valence-electron chi connectivity index (χ4n) is 2.29. The predicted molar refractivity (Wildman–Crippen MR) is 105 cm³/mol. The lowest BCUT2D eigenvalue weighted by Gasteiger charge is -2.09. The summed E-state index contributed by atoms with van der Waals surface area (Å²) in [7, 11) is 0.0537. The topological polar surface area (TPSA) is 70.4 Å². The van der Waals surface area contributed by atoms with Gasteiger partial charge in [0.05, 0.1) is 25.6 Å². The fraction of sp³-hybridized carbons (Fsp3) is 0.316. The minimum absolute atomic E-state index is 0. The molecular formula is C19H26IN3O3S. The van der Waals surface area contributed by atoms with Gasteiger partial charge in [-0.3, -0.25) is 4.58 Å². The number of aryl methyl sites for hydroxylation is 1. The smallest absolute Gasteiger partial charge is 0.246 e. The van der Waals surface area contributed by atoms with Gasteiger partial charge in [0.2, 0.25) is 15.9 Å². The van der Waals surface area contributed by atoms with E-state index in [1.54, 1.807) is 31.4 Å². The van der Waals surface area contributed by atoms with Crippen molar-refractivity contribution in [3.63, 3.8) is 0 Å². The van der Waals surface area contributed by atoms with Crippen molar-refractivity contribution in [3.8, 4) is 5.75 Å². The molecule has 0 saturated heterocycles. The Morgan fingerprint density at radius 1 is 1.07 bits per heavy atom. The summed E-state index contributed by atoms with van der Waals surface area (Å²) in [5, 5.41) is 3.29. The van der Waals surface area contributed by atoms with Crippen molar-refractivity contribution < 1.29 is 41.7 Å².